The molecule has 5 rings (SSSR count). The number of fused-ring (bicyclic) bond motifs is 2. The molecule has 1 aliphatic rings. The fourth-order valence-corrected chi connectivity index (χ4v) is 4.95. The molecule has 0 unspecified atom stereocenters. The molecule has 0 bridgehead atoms. The van der Waals surface area contributed by atoms with Crippen molar-refractivity contribution in [2.45, 2.75) is 12.8 Å². The Morgan fingerprint density at radius 2 is 1.78 bits per heavy atom. The first-order chi connectivity index (χ1) is 15.7. The Morgan fingerprint density at radius 3 is 2.56 bits per heavy atom. The first-order valence-corrected chi connectivity index (χ1v) is 11.5. The fourth-order valence-electron chi connectivity index (χ4n) is 3.94. The van der Waals surface area contributed by atoms with Crippen molar-refractivity contribution in [1.29, 1.82) is 0 Å². The van der Waals surface area contributed by atoms with E-state index in [-0.39, 0.29) is 6.42 Å². The van der Waals surface area contributed by atoms with Crippen LogP contribution in [0, 0.1) is 0 Å². The van der Waals surface area contributed by atoms with E-state index in [2.05, 4.69) is 23.1 Å². The van der Waals surface area contributed by atoms with Crippen LogP contribution in [0.4, 0.5) is 5.82 Å². The number of benzene rings is 2. The van der Waals surface area contributed by atoms with Crippen molar-refractivity contribution in [3.05, 3.63) is 65.2 Å². The lowest BCUT2D eigenvalue weighted by Gasteiger charge is -2.29. The monoisotopic (exact) mass is 445 g/mol. The van der Waals surface area contributed by atoms with E-state index >= 15 is 0 Å². The number of carbonyl (C=O) groups is 1. The molecule has 0 aliphatic carbocycles. The number of hydrogen-bond acceptors (Lipinski definition) is 6. The number of aromatic nitrogens is 2. The van der Waals surface area contributed by atoms with E-state index in [1.165, 1.54) is 0 Å². The van der Waals surface area contributed by atoms with E-state index in [1.807, 2.05) is 42.5 Å². The molecule has 7 heteroatoms. The molecule has 1 fully saturated rings. The van der Waals surface area contributed by atoms with Crippen molar-refractivity contribution in [2.75, 3.05) is 31.2 Å². The number of para-hydroxylation sites is 2. The molecular weight excluding hydrogens is 422 g/mol. The Morgan fingerprint density at radius 1 is 1.03 bits per heavy atom. The smallest absolute Gasteiger partial charge is 0.303 e. The van der Waals surface area contributed by atoms with E-state index in [0.717, 1.165) is 56.2 Å². The van der Waals surface area contributed by atoms with Crippen molar-refractivity contribution < 1.29 is 14.6 Å². The maximum absolute atomic E-state index is 11.4. The first kappa shape index (κ1) is 20.6. The molecule has 1 N–H and O–H groups in total. The number of allylic oxidation sites excluding steroid dienone is 1. The number of carboxylic acids is 1. The summed E-state index contributed by atoms with van der Waals surface area (Å²) in [5, 5.41) is 11.2. The Kier molecular flexibility index (Phi) is 5.83. The lowest BCUT2D eigenvalue weighted by Crippen LogP contribution is -2.37. The van der Waals surface area contributed by atoms with Crippen LogP contribution in [0.2, 0.25) is 0 Å². The van der Waals surface area contributed by atoms with Crippen LogP contribution in [-0.4, -0.2) is 47.3 Å². The highest BCUT2D eigenvalue weighted by atomic mass is 32.1. The highest BCUT2D eigenvalue weighted by Crippen LogP contribution is 2.34. The topological polar surface area (TPSA) is 75.5 Å². The number of hydrogen-bond donors (Lipinski definition) is 1. The normalized spacial score (nSPS) is 14.9. The Bertz CT molecular complexity index is 1280. The van der Waals surface area contributed by atoms with Crippen molar-refractivity contribution in [2.24, 2.45) is 0 Å². The van der Waals surface area contributed by atoms with E-state index in [1.54, 1.807) is 11.3 Å². The number of pyridine rings is 1. The third-order valence-electron chi connectivity index (χ3n) is 5.55. The zero-order chi connectivity index (χ0) is 21.9. The van der Waals surface area contributed by atoms with Gasteiger partial charge in [0.1, 0.15) is 10.8 Å². The van der Waals surface area contributed by atoms with Gasteiger partial charge >= 0.3 is 5.97 Å². The first-order valence-electron chi connectivity index (χ1n) is 10.7. The van der Waals surface area contributed by atoms with Gasteiger partial charge in [0, 0.05) is 30.5 Å². The van der Waals surface area contributed by atoms with Gasteiger partial charge in [-0.25, -0.2) is 9.97 Å². The molecule has 0 amide bonds. The van der Waals surface area contributed by atoms with E-state index in [9.17, 15) is 9.90 Å². The summed E-state index contributed by atoms with van der Waals surface area (Å²) in [5.74, 6) is 0.0861. The summed E-state index contributed by atoms with van der Waals surface area (Å²) in [4.78, 5) is 23.4. The molecule has 0 spiro atoms. The predicted molar refractivity (Wildman–Crippen MR) is 129 cm³/mol. The Balaban J connectivity index is 1.65. The Hall–Kier alpha value is -3.29. The summed E-state index contributed by atoms with van der Waals surface area (Å²) >= 11 is 1.60. The van der Waals surface area contributed by atoms with Gasteiger partial charge in [-0.3, -0.25) is 4.79 Å². The van der Waals surface area contributed by atoms with Gasteiger partial charge in [0.05, 0.1) is 28.9 Å². The minimum absolute atomic E-state index is 0.0512. The molecule has 1 saturated heterocycles. The summed E-state index contributed by atoms with van der Waals surface area (Å²) in [6.07, 6.45) is 2.53. The second kappa shape index (κ2) is 9.06. The quantitative estimate of drug-likeness (QED) is 0.446. The standard InChI is InChI=1S/C25H23N3O3S/c29-23(30)10-9-18(25-27-21-7-3-4-8-22(21)32-25)16-19-15-17-5-1-2-6-20(17)26-24(19)28-11-13-31-14-12-28/h1-8,15-16H,9-14H2,(H,29,30)/b18-16+. The van der Waals surface area contributed by atoms with Crippen LogP contribution in [0.25, 0.3) is 32.8 Å². The summed E-state index contributed by atoms with van der Waals surface area (Å²) in [6, 6.07) is 18.2. The molecular formula is C25H23N3O3S. The van der Waals surface area contributed by atoms with Crippen LogP contribution in [0.15, 0.2) is 54.6 Å². The number of anilines is 1. The molecule has 3 heterocycles. The summed E-state index contributed by atoms with van der Waals surface area (Å²) < 4.78 is 6.63. The lowest BCUT2D eigenvalue weighted by molar-refractivity contribution is -0.136. The second-order valence-corrected chi connectivity index (χ2v) is 8.77. The number of thiazole rings is 1. The number of carboxylic acid groups (broad SMARTS) is 1. The van der Waals surface area contributed by atoms with Crippen molar-refractivity contribution in [3.63, 3.8) is 0 Å². The van der Waals surface area contributed by atoms with Crippen LogP contribution < -0.4 is 4.90 Å². The number of nitrogens with zero attached hydrogens (tertiary/aromatic N) is 3. The van der Waals surface area contributed by atoms with Crippen molar-refractivity contribution in [3.8, 4) is 0 Å². The van der Waals surface area contributed by atoms with E-state index < -0.39 is 5.97 Å². The van der Waals surface area contributed by atoms with Crippen LogP contribution in [0.5, 0.6) is 0 Å². The summed E-state index contributed by atoms with van der Waals surface area (Å²) in [5.41, 5.74) is 3.77. The SMILES string of the molecule is O=C(O)CC/C(=C\c1cc2ccccc2nc1N1CCOCC1)c1nc2ccccc2s1. The predicted octanol–water partition coefficient (Wildman–Crippen LogP) is 5.09. The van der Waals surface area contributed by atoms with E-state index in [0.29, 0.717) is 19.6 Å². The molecule has 2 aromatic heterocycles. The average molecular weight is 446 g/mol. The van der Waals surface area contributed by atoms with Crippen molar-refractivity contribution >= 4 is 55.9 Å². The van der Waals surface area contributed by atoms with Crippen LogP contribution in [-0.2, 0) is 9.53 Å². The third kappa shape index (κ3) is 4.35. The minimum Gasteiger partial charge on any atom is -0.481 e. The maximum Gasteiger partial charge on any atom is 0.303 e. The molecule has 4 aromatic rings. The van der Waals surface area contributed by atoms with Crippen LogP contribution in [0.3, 0.4) is 0 Å². The van der Waals surface area contributed by atoms with Crippen LogP contribution in [0.1, 0.15) is 23.4 Å². The van der Waals surface area contributed by atoms with Crippen LogP contribution >= 0.6 is 11.3 Å². The number of morpholine rings is 1. The minimum atomic E-state index is -0.818. The van der Waals surface area contributed by atoms with E-state index in [4.69, 9.17) is 14.7 Å². The van der Waals surface area contributed by atoms with Gasteiger partial charge in [-0.1, -0.05) is 30.3 Å². The van der Waals surface area contributed by atoms with Gasteiger partial charge < -0.3 is 14.7 Å². The molecule has 2 aromatic carbocycles. The lowest BCUT2D eigenvalue weighted by atomic mass is 10.0. The number of rotatable bonds is 6. The maximum atomic E-state index is 11.4. The van der Waals surface area contributed by atoms with Gasteiger partial charge in [-0.05, 0) is 42.3 Å². The average Bonchev–Trinajstić information content (AvgIpc) is 3.26. The van der Waals surface area contributed by atoms with Crippen molar-refractivity contribution in [1.82, 2.24) is 9.97 Å². The largest absolute Gasteiger partial charge is 0.481 e. The third-order valence-corrected chi connectivity index (χ3v) is 6.66. The fraction of sp³-hybridized carbons (Fsp3) is 0.240. The van der Waals surface area contributed by atoms with Gasteiger partial charge in [-0.2, -0.15) is 0 Å². The molecule has 162 valence electrons. The van der Waals surface area contributed by atoms with Gasteiger partial charge in [0.2, 0.25) is 0 Å². The molecule has 32 heavy (non-hydrogen) atoms. The highest BCUT2D eigenvalue weighted by molar-refractivity contribution is 7.19. The molecule has 0 saturated carbocycles. The molecule has 6 nitrogen and oxygen atoms in total. The zero-order valence-corrected chi connectivity index (χ0v) is 18.3. The number of ether oxygens (including phenoxy) is 1. The molecule has 0 atom stereocenters. The van der Waals surface area contributed by atoms with Gasteiger partial charge in [0.15, 0.2) is 0 Å². The second-order valence-electron chi connectivity index (χ2n) is 7.74. The summed E-state index contributed by atoms with van der Waals surface area (Å²) in [7, 11) is 0. The molecule has 0 radical (unpaired) electrons. The highest BCUT2D eigenvalue weighted by Gasteiger charge is 2.18. The molecule has 1 aliphatic heterocycles. The van der Waals surface area contributed by atoms with Gasteiger partial charge in [-0.15, -0.1) is 11.3 Å². The Labute approximate surface area is 189 Å². The summed E-state index contributed by atoms with van der Waals surface area (Å²) in [6.45, 7) is 2.89. The number of aliphatic carboxylic acids is 1. The van der Waals surface area contributed by atoms with Gasteiger partial charge in [0.25, 0.3) is 0 Å². The zero-order valence-electron chi connectivity index (χ0n) is 17.5.